The fourth-order valence-corrected chi connectivity index (χ4v) is 3.50. The summed E-state index contributed by atoms with van der Waals surface area (Å²) in [5, 5.41) is 98.5. The van der Waals surface area contributed by atoms with Gasteiger partial charge in [-0.3, -0.25) is 4.79 Å². The van der Waals surface area contributed by atoms with Crippen LogP contribution in [0.15, 0.2) is 0 Å². The largest absolute Gasteiger partial charge is 0.394 e. The zero-order chi connectivity index (χ0) is 25.0. The van der Waals surface area contributed by atoms with Gasteiger partial charge in [0.2, 0.25) is 0 Å². The Hall–Kier alpha value is -0.890. The highest BCUT2D eigenvalue weighted by atomic mass is 16.8. The lowest BCUT2D eigenvalue weighted by atomic mass is 9.97. The van der Waals surface area contributed by atoms with Crippen molar-refractivity contribution in [3.8, 4) is 0 Å². The van der Waals surface area contributed by atoms with Crippen molar-refractivity contribution in [3.05, 3.63) is 0 Å². The van der Waals surface area contributed by atoms with Gasteiger partial charge in [0.1, 0.15) is 67.6 Å². The Labute approximate surface area is 187 Å². The van der Waals surface area contributed by atoms with Crippen molar-refractivity contribution in [2.24, 2.45) is 0 Å². The van der Waals surface area contributed by atoms with Crippen LogP contribution in [0.5, 0.6) is 0 Å². The highest BCUT2D eigenvalue weighted by Crippen LogP contribution is 2.30. The standard InChI is InChI=1S/C18H32O15/c1-5-9(24)12(27)14(29)17(30-5)33-16-13(28)11(26)8(4-21)31-18(16)32-15(7(23)3-20)10(25)6(22)2-19/h5,7-21,23-29H,2-4H2,1H3/t5-,7+,8+,9+,10+,11-,12+,13-,14-,15+,16?,17-,18-/m0/s1. The quantitative estimate of drug-likeness (QED) is 0.137. The Morgan fingerprint density at radius 3 is 2.06 bits per heavy atom. The number of hydrogen-bond donors (Lipinski definition) is 10. The molecular formula is C18H32O15. The average molecular weight is 488 g/mol. The van der Waals surface area contributed by atoms with E-state index in [4.69, 9.17) is 24.1 Å². The summed E-state index contributed by atoms with van der Waals surface area (Å²) in [7, 11) is 0. The predicted molar refractivity (Wildman–Crippen MR) is 101 cm³/mol. The Morgan fingerprint density at radius 1 is 0.879 bits per heavy atom. The third-order valence-electron chi connectivity index (χ3n) is 5.58. The van der Waals surface area contributed by atoms with Gasteiger partial charge in [0, 0.05) is 0 Å². The van der Waals surface area contributed by atoms with Gasteiger partial charge in [-0.05, 0) is 6.92 Å². The number of carbonyl (C=O) groups is 1. The number of carbonyl (C=O) groups excluding carboxylic acids is 1. The summed E-state index contributed by atoms with van der Waals surface area (Å²) in [4.78, 5) is 11.7. The first-order valence-electron chi connectivity index (χ1n) is 10.2. The van der Waals surface area contributed by atoms with Crippen LogP contribution in [0.3, 0.4) is 0 Å². The molecule has 2 aliphatic heterocycles. The van der Waals surface area contributed by atoms with E-state index in [0.29, 0.717) is 0 Å². The maximum Gasteiger partial charge on any atom is 0.189 e. The highest BCUT2D eigenvalue weighted by molar-refractivity contribution is 5.84. The zero-order valence-electron chi connectivity index (χ0n) is 17.6. The third kappa shape index (κ3) is 6.22. The number of ketones is 1. The molecule has 0 bridgehead atoms. The predicted octanol–water partition coefficient (Wildman–Crippen LogP) is -6.70. The molecule has 1 unspecified atom stereocenters. The second-order valence-corrected chi connectivity index (χ2v) is 7.91. The molecule has 13 atom stereocenters. The smallest absolute Gasteiger partial charge is 0.189 e. The molecule has 0 aromatic rings. The normalized spacial score (nSPS) is 42.5. The number of hydrogen-bond acceptors (Lipinski definition) is 15. The lowest BCUT2D eigenvalue weighted by Gasteiger charge is -2.46. The summed E-state index contributed by atoms with van der Waals surface area (Å²) in [5.74, 6) is -1.18. The van der Waals surface area contributed by atoms with E-state index in [0.717, 1.165) is 0 Å². The van der Waals surface area contributed by atoms with E-state index in [1.165, 1.54) is 6.92 Å². The first kappa shape index (κ1) is 28.3. The summed E-state index contributed by atoms with van der Waals surface area (Å²) in [6.07, 6.45) is -22.4. The number of rotatable bonds is 10. The third-order valence-corrected chi connectivity index (χ3v) is 5.58. The molecule has 2 aliphatic rings. The molecular weight excluding hydrogens is 456 g/mol. The average Bonchev–Trinajstić information content (AvgIpc) is 2.81. The molecule has 0 amide bonds. The molecule has 2 fully saturated rings. The van der Waals surface area contributed by atoms with Gasteiger partial charge >= 0.3 is 0 Å². The lowest BCUT2D eigenvalue weighted by molar-refractivity contribution is -0.373. The van der Waals surface area contributed by atoms with Crippen molar-refractivity contribution >= 4 is 5.78 Å². The van der Waals surface area contributed by atoms with Gasteiger partial charge in [0.15, 0.2) is 18.4 Å². The SMILES string of the molecule is C[C@@H]1O[C@@H](OC2[C@H](O[C@H]([C@H](O)CO)[C@H](O)C(=O)CO)O[C@H](CO)[C@H](O)[C@@H]2O)[C@@H](O)[C@H](O)[C@@H]1O. The maximum absolute atomic E-state index is 11.7. The zero-order valence-corrected chi connectivity index (χ0v) is 17.6. The van der Waals surface area contributed by atoms with Crippen LogP contribution in [0.4, 0.5) is 0 Å². The molecule has 0 spiro atoms. The fraction of sp³-hybridized carbons (Fsp3) is 0.944. The molecule has 33 heavy (non-hydrogen) atoms. The van der Waals surface area contributed by atoms with Crippen molar-refractivity contribution in [3.63, 3.8) is 0 Å². The van der Waals surface area contributed by atoms with Crippen LogP contribution in [0.1, 0.15) is 6.92 Å². The van der Waals surface area contributed by atoms with Crippen LogP contribution >= 0.6 is 0 Å². The van der Waals surface area contributed by atoms with E-state index in [-0.39, 0.29) is 0 Å². The van der Waals surface area contributed by atoms with E-state index in [2.05, 4.69) is 0 Å². The summed E-state index contributed by atoms with van der Waals surface area (Å²) >= 11 is 0. The summed E-state index contributed by atoms with van der Waals surface area (Å²) in [6, 6.07) is 0. The molecule has 15 heteroatoms. The molecule has 10 N–H and O–H groups in total. The van der Waals surface area contributed by atoms with Gasteiger partial charge in [-0.2, -0.15) is 0 Å². The molecule has 0 aromatic carbocycles. The van der Waals surface area contributed by atoms with E-state index in [9.17, 15) is 50.8 Å². The summed E-state index contributed by atoms with van der Waals surface area (Å²) in [5.41, 5.74) is 0. The van der Waals surface area contributed by atoms with Crippen LogP contribution in [0.25, 0.3) is 0 Å². The minimum Gasteiger partial charge on any atom is -0.394 e. The van der Waals surface area contributed by atoms with Crippen molar-refractivity contribution in [2.75, 3.05) is 19.8 Å². The van der Waals surface area contributed by atoms with Gasteiger partial charge in [-0.1, -0.05) is 0 Å². The van der Waals surface area contributed by atoms with Crippen LogP contribution < -0.4 is 0 Å². The number of Topliss-reactive ketones (excluding diaryl/α,β-unsaturated/α-hetero) is 1. The van der Waals surface area contributed by atoms with Crippen molar-refractivity contribution in [1.29, 1.82) is 0 Å². The van der Waals surface area contributed by atoms with Gasteiger partial charge in [-0.15, -0.1) is 0 Å². The van der Waals surface area contributed by atoms with Crippen LogP contribution in [0, 0.1) is 0 Å². The monoisotopic (exact) mass is 488 g/mol. The molecule has 0 saturated carbocycles. The fourth-order valence-electron chi connectivity index (χ4n) is 3.50. The molecule has 2 heterocycles. The summed E-state index contributed by atoms with van der Waals surface area (Å²) < 4.78 is 21.5. The Kier molecular flexibility index (Phi) is 10.5. The molecule has 0 aliphatic carbocycles. The second-order valence-electron chi connectivity index (χ2n) is 7.91. The van der Waals surface area contributed by atoms with E-state index >= 15 is 0 Å². The van der Waals surface area contributed by atoms with Gasteiger partial charge in [-0.25, -0.2) is 0 Å². The molecule has 2 saturated heterocycles. The topological polar surface area (TPSA) is 256 Å². The Morgan fingerprint density at radius 2 is 1.52 bits per heavy atom. The molecule has 0 aromatic heterocycles. The first-order valence-corrected chi connectivity index (χ1v) is 10.2. The number of aliphatic hydroxyl groups is 10. The van der Waals surface area contributed by atoms with E-state index in [1.807, 2.05) is 0 Å². The van der Waals surface area contributed by atoms with Gasteiger partial charge < -0.3 is 70.0 Å². The summed E-state index contributed by atoms with van der Waals surface area (Å²) in [6.45, 7) is -1.59. The van der Waals surface area contributed by atoms with Crippen molar-refractivity contribution < 1.29 is 74.8 Å². The first-order chi connectivity index (χ1) is 15.5. The second kappa shape index (κ2) is 12.2. The van der Waals surface area contributed by atoms with Crippen LogP contribution in [0.2, 0.25) is 0 Å². The van der Waals surface area contributed by atoms with Crippen molar-refractivity contribution in [1.82, 2.24) is 0 Å². The minimum absolute atomic E-state index is 0.819. The van der Waals surface area contributed by atoms with Crippen molar-refractivity contribution in [2.45, 2.75) is 86.6 Å². The Bertz CT molecular complexity index is 622. The van der Waals surface area contributed by atoms with Gasteiger partial charge in [0.05, 0.1) is 19.3 Å². The maximum atomic E-state index is 11.7. The molecule has 194 valence electrons. The van der Waals surface area contributed by atoms with E-state index in [1.54, 1.807) is 0 Å². The molecule has 15 nitrogen and oxygen atoms in total. The molecule has 0 radical (unpaired) electrons. The van der Waals surface area contributed by atoms with Crippen LogP contribution in [-0.2, 0) is 23.7 Å². The van der Waals surface area contributed by atoms with E-state index < -0.39 is 105 Å². The Balaban J connectivity index is 2.31. The van der Waals surface area contributed by atoms with Crippen LogP contribution in [-0.4, -0.2) is 156 Å². The number of aliphatic hydroxyl groups excluding tert-OH is 10. The number of ether oxygens (including phenoxy) is 4. The van der Waals surface area contributed by atoms with Gasteiger partial charge in [0.25, 0.3) is 0 Å². The minimum atomic E-state index is -2.16. The highest BCUT2D eigenvalue weighted by Gasteiger charge is 2.51. The molecule has 2 rings (SSSR count). The lowest BCUT2D eigenvalue weighted by Crippen LogP contribution is -2.65.